The lowest BCUT2D eigenvalue weighted by atomic mass is 10.2. The zero-order valence-electron chi connectivity index (χ0n) is 16.4. The highest BCUT2D eigenvalue weighted by atomic mass is 32.4. The smallest absolute Gasteiger partial charge is 0.0486 e. The lowest BCUT2D eigenvalue weighted by Crippen LogP contribution is -2.35. The summed E-state index contributed by atoms with van der Waals surface area (Å²) >= 11 is 6.56. The summed E-state index contributed by atoms with van der Waals surface area (Å²) in [4.78, 5) is 0. The Morgan fingerprint density at radius 2 is 1.04 bits per heavy atom. The average molecular weight is 394 g/mol. The molecule has 3 aromatic rings. The summed E-state index contributed by atoms with van der Waals surface area (Å²) in [7, 11) is 0. The van der Waals surface area contributed by atoms with Crippen molar-refractivity contribution in [1.29, 1.82) is 0 Å². The Morgan fingerprint density at radius 3 is 1.41 bits per heavy atom. The van der Waals surface area contributed by atoms with Crippen molar-refractivity contribution in [2.45, 2.75) is 39.0 Å². The molecule has 27 heavy (non-hydrogen) atoms. The molecule has 0 N–H and O–H groups in total. The van der Waals surface area contributed by atoms with E-state index in [0.29, 0.717) is 0 Å². The average Bonchev–Trinajstić information content (AvgIpc) is 2.68. The second-order valence-electron chi connectivity index (χ2n) is 7.88. The van der Waals surface area contributed by atoms with Crippen LogP contribution in [0.2, 0.25) is 0 Å². The van der Waals surface area contributed by atoms with E-state index >= 15 is 0 Å². The van der Waals surface area contributed by atoms with Crippen molar-refractivity contribution in [3.8, 4) is 0 Å². The molecule has 0 saturated carbocycles. The van der Waals surface area contributed by atoms with Crippen LogP contribution in [0.1, 0.15) is 31.9 Å². The van der Waals surface area contributed by atoms with E-state index in [0.717, 1.165) is 13.1 Å². The summed E-state index contributed by atoms with van der Waals surface area (Å²) in [5.74, 6) is 0. The molecular weight excluding hydrogens is 365 g/mol. The van der Waals surface area contributed by atoms with Crippen molar-refractivity contribution in [1.82, 2.24) is 4.67 Å². The molecule has 0 amide bonds. The summed E-state index contributed by atoms with van der Waals surface area (Å²) < 4.78 is 2.56. The molecular formula is C24H28NPS. The van der Waals surface area contributed by atoms with Crippen LogP contribution in [0.25, 0.3) is 0 Å². The van der Waals surface area contributed by atoms with Crippen LogP contribution in [0.4, 0.5) is 0 Å². The largest absolute Gasteiger partial charge is 0.262 e. The third-order valence-corrected chi connectivity index (χ3v) is 11.7. The first-order valence-corrected chi connectivity index (χ1v) is 12.2. The highest BCUT2D eigenvalue weighted by Gasteiger charge is 2.38. The monoisotopic (exact) mass is 393 g/mol. The van der Waals surface area contributed by atoms with Crippen LogP contribution < -0.4 is 5.30 Å². The Labute approximate surface area is 169 Å². The van der Waals surface area contributed by atoms with E-state index in [1.165, 1.54) is 16.4 Å². The van der Waals surface area contributed by atoms with Crippen molar-refractivity contribution in [2.24, 2.45) is 0 Å². The lowest BCUT2D eigenvalue weighted by Gasteiger charge is -2.44. The fourth-order valence-electron chi connectivity index (χ4n) is 3.45. The number of nitrogens with zero attached hydrogens (tertiary/aromatic N) is 1. The molecule has 0 spiro atoms. The van der Waals surface area contributed by atoms with Crippen LogP contribution in [0.5, 0.6) is 0 Å². The summed E-state index contributed by atoms with van der Waals surface area (Å²) in [6, 6.07) is 32.1. The summed E-state index contributed by atoms with van der Waals surface area (Å²) in [6.45, 7) is 8.61. The summed E-state index contributed by atoms with van der Waals surface area (Å²) in [5.41, 5.74) is 2.62. The van der Waals surface area contributed by atoms with Gasteiger partial charge in [0.25, 0.3) is 0 Å². The number of hydrogen-bond acceptors (Lipinski definition) is 1. The van der Waals surface area contributed by atoms with Gasteiger partial charge in [-0.05, 0) is 16.4 Å². The Kier molecular flexibility index (Phi) is 6.32. The zero-order valence-corrected chi connectivity index (χ0v) is 18.1. The zero-order chi connectivity index (χ0) is 19.3. The van der Waals surface area contributed by atoms with Crippen LogP contribution in [0.3, 0.4) is 0 Å². The maximum absolute atomic E-state index is 6.56. The van der Waals surface area contributed by atoms with Crippen molar-refractivity contribution in [3.63, 3.8) is 0 Å². The maximum atomic E-state index is 6.56. The third-order valence-electron chi connectivity index (χ3n) is 4.83. The Balaban J connectivity index is 2.09. The minimum absolute atomic E-state index is 0.00670. The Morgan fingerprint density at radius 1 is 0.667 bits per heavy atom. The van der Waals surface area contributed by atoms with Gasteiger partial charge in [-0.2, -0.15) is 0 Å². The van der Waals surface area contributed by atoms with Gasteiger partial charge in [0, 0.05) is 24.4 Å². The first-order valence-electron chi connectivity index (χ1n) is 9.40. The predicted molar refractivity (Wildman–Crippen MR) is 122 cm³/mol. The van der Waals surface area contributed by atoms with Gasteiger partial charge in [0.1, 0.15) is 0 Å². The van der Waals surface area contributed by atoms with Crippen LogP contribution >= 0.6 is 6.19 Å². The van der Waals surface area contributed by atoms with Gasteiger partial charge >= 0.3 is 0 Å². The summed E-state index contributed by atoms with van der Waals surface area (Å²) in [5, 5.41) is 1.28. The number of hydrogen-bond donors (Lipinski definition) is 0. The molecule has 3 rings (SSSR count). The van der Waals surface area contributed by atoms with Crippen LogP contribution in [-0.4, -0.2) is 9.83 Å². The van der Waals surface area contributed by atoms with E-state index in [9.17, 15) is 0 Å². The standard InChI is InChI=1S/C24H28NPS/c1-24(2,3)26(27,23-17-11-6-12-18-23)25(19-21-13-7-4-8-14-21)20-22-15-9-5-10-16-22/h4-18H,19-20H2,1-3H3/t26-/m0/s1. The van der Waals surface area contributed by atoms with E-state index in [-0.39, 0.29) is 5.16 Å². The van der Waals surface area contributed by atoms with E-state index in [2.05, 4.69) is 116 Å². The predicted octanol–water partition coefficient (Wildman–Crippen LogP) is 6.21. The Bertz CT molecular complexity index is 844. The molecule has 140 valence electrons. The number of benzene rings is 3. The van der Waals surface area contributed by atoms with Crippen LogP contribution in [0, 0.1) is 0 Å². The minimum Gasteiger partial charge on any atom is -0.262 e. The second kappa shape index (κ2) is 8.52. The highest BCUT2D eigenvalue weighted by molar-refractivity contribution is 8.17. The molecule has 1 atom stereocenters. The molecule has 0 unspecified atom stereocenters. The SMILES string of the molecule is CC(C)(C)[P@@](=S)(c1ccccc1)N(Cc1ccccc1)Cc1ccccc1. The quantitative estimate of drug-likeness (QED) is 0.458. The first kappa shape index (κ1) is 20.0. The van der Waals surface area contributed by atoms with Crippen molar-refractivity contribution >= 4 is 23.3 Å². The van der Waals surface area contributed by atoms with Crippen LogP contribution in [-0.2, 0) is 24.9 Å². The minimum atomic E-state index is -2.03. The second-order valence-corrected chi connectivity index (χ2v) is 13.0. The van der Waals surface area contributed by atoms with E-state index < -0.39 is 6.19 Å². The van der Waals surface area contributed by atoms with Gasteiger partial charge in [-0.3, -0.25) is 4.67 Å². The molecule has 0 heterocycles. The van der Waals surface area contributed by atoms with E-state index in [1.54, 1.807) is 0 Å². The van der Waals surface area contributed by atoms with Gasteiger partial charge in [0.05, 0.1) is 0 Å². The van der Waals surface area contributed by atoms with Gasteiger partial charge < -0.3 is 0 Å². The molecule has 1 nitrogen and oxygen atoms in total. The van der Waals surface area contributed by atoms with Gasteiger partial charge in [0.15, 0.2) is 0 Å². The molecule has 0 saturated heterocycles. The number of rotatable bonds is 6. The maximum Gasteiger partial charge on any atom is 0.0486 e. The van der Waals surface area contributed by atoms with Gasteiger partial charge in [-0.25, -0.2) is 0 Å². The molecule has 0 bridgehead atoms. The van der Waals surface area contributed by atoms with Gasteiger partial charge in [-0.15, -0.1) is 0 Å². The topological polar surface area (TPSA) is 3.24 Å². The fraction of sp³-hybridized carbons (Fsp3) is 0.250. The third kappa shape index (κ3) is 4.58. The van der Waals surface area contributed by atoms with E-state index in [4.69, 9.17) is 11.8 Å². The van der Waals surface area contributed by atoms with Gasteiger partial charge in [-0.1, -0.05) is 124 Å². The van der Waals surface area contributed by atoms with Crippen molar-refractivity contribution < 1.29 is 0 Å². The first-order chi connectivity index (χ1) is 12.9. The summed E-state index contributed by atoms with van der Waals surface area (Å²) in [6.07, 6.45) is -2.03. The van der Waals surface area contributed by atoms with Crippen molar-refractivity contribution in [2.75, 3.05) is 0 Å². The molecule has 3 aromatic carbocycles. The lowest BCUT2D eigenvalue weighted by molar-refractivity contribution is 0.435. The molecule has 0 aliphatic carbocycles. The molecule has 0 fully saturated rings. The molecule has 0 radical (unpaired) electrons. The highest BCUT2D eigenvalue weighted by Crippen LogP contribution is 2.60. The van der Waals surface area contributed by atoms with Crippen LogP contribution in [0.15, 0.2) is 91.0 Å². The molecule has 0 aliphatic rings. The molecule has 0 aromatic heterocycles. The Hall–Kier alpha value is -1.73. The molecule has 0 aliphatic heterocycles. The normalized spacial score (nSPS) is 14.1. The van der Waals surface area contributed by atoms with Gasteiger partial charge in [0.2, 0.25) is 0 Å². The van der Waals surface area contributed by atoms with E-state index in [1.807, 2.05) is 0 Å². The molecule has 3 heteroatoms. The fourth-order valence-corrected chi connectivity index (χ4v) is 7.41. The van der Waals surface area contributed by atoms with Crippen molar-refractivity contribution in [3.05, 3.63) is 102 Å².